The Hall–Kier alpha value is -3.27. The van der Waals surface area contributed by atoms with Crippen LogP contribution in [0.1, 0.15) is 28.7 Å². The van der Waals surface area contributed by atoms with Gasteiger partial charge in [-0.1, -0.05) is 0 Å². The molecule has 7 heteroatoms. The van der Waals surface area contributed by atoms with Crippen LogP contribution in [0.25, 0.3) is 5.69 Å². The van der Waals surface area contributed by atoms with Gasteiger partial charge < -0.3 is 4.57 Å². The minimum absolute atomic E-state index is 0.240. The maximum Gasteiger partial charge on any atom is 0.162 e. The molecule has 0 saturated heterocycles. The van der Waals surface area contributed by atoms with Crippen molar-refractivity contribution in [1.82, 2.24) is 19.3 Å². The highest BCUT2D eigenvalue weighted by Crippen LogP contribution is 2.19. The monoisotopic (exact) mass is 309 g/mol. The van der Waals surface area contributed by atoms with E-state index in [1.54, 1.807) is 34.0 Å². The molecule has 0 bridgehead atoms. The number of nitrogens with zero attached hydrogens (tertiary/aromatic N) is 5. The van der Waals surface area contributed by atoms with Crippen molar-refractivity contribution >= 4 is 5.78 Å². The van der Waals surface area contributed by atoms with Crippen molar-refractivity contribution in [2.45, 2.75) is 13.5 Å². The van der Waals surface area contributed by atoms with E-state index in [0.717, 1.165) is 5.69 Å². The predicted octanol–water partition coefficient (Wildman–Crippen LogP) is 2.33. The van der Waals surface area contributed by atoms with Crippen molar-refractivity contribution in [3.8, 4) is 11.8 Å². The zero-order valence-corrected chi connectivity index (χ0v) is 12.3. The minimum Gasteiger partial charge on any atom is -0.330 e. The fraction of sp³-hybridized carbons (Fsp3) is 0.125. The first-order valence-corrected chi connectivity index (χ1v) is 6.84. The van der Waals surface area contributed by atoms with Gasteiger partial charge in [-0.15, -0.1) is 0 Å². The Morgan fingerprint density at radius 1 is 1.39 bits per heavy atom. The molecule has 2 heterocycles. The van der Waals surface area contributed by atoms with Crippen molar-refractivity contribution in [1.29, 1.82) is 5.26 Å². The molecule has 3 rings (SSSR count). The summed E-state index contributed by atoms with van der Waals surface area (Å²) in [6, 6.07) is 7.77. The van der Waals surface area contributed by atoms with Crippen LogP contribution in [0.15, 0.2) is 43.0 Å². The highest BCUT2D eigenvalue weighted by atomic mass is 19.1. The van der Waals surface area contributed by atoms with E-state index < -0.39 is 5.82 Å². The van der Waals surface area contributed by atoms with E-state index in [4.69, 9.17) is 5.26 Å². The number of halogens is 1. The van der Waals surface area contributed by atoms with Gasteiger partial charge in [-0.3, -0.25) is 4.79 Å². The summed E-state index contributed by atoms with van der Waals surface area (Å²) in [6.07, 6.45) is 4.77. The van der Waals surface area contributed by atoms with Crippen LogP contribution in [0.4, 0.5) is 4.39 Å². The van der Waals surface area contributed by atoms with Crippen LogP contribution < -0.4 is 0 Å². The Morgan fingerprint density at radius 2 is 2.22 bits per heavy atom. The Balaban J connectivity index is 2.01. The largest absolute Gasteiger partial charge is 0.330 e. The van der Waals surface area contributed by atoms with Crippen LogP contribution >= 0.6 is 0 Å². The van der Waals surface area contributed by atoms with Crippen LogP contribution in [0.3, 0.4) is 0 Å². The summed E-state index contributed by atoms with van der Waals surface area (Å²) in [6.45, 7) is 1.81. The van der Waals surface area contributed by atoms with Crippen LogP contribution in [-0.2, 0) is 6.54 Å². The first-order valence-electron chi connectivity index (χ1n) is 6.84. The lowest BCUT2D eigenvalue weighted by Gasteiger charge is -2.11. The van der Waals surface area contributed by atoms with E-state index in [2.05, 4.69) is 10.1 Å². The molecule has 114 valence electrons. The van der Waals surface area contributed by atoms with Crippen LogP contribution in [0.2, 0.25) is 0 Å². The molecule has 0 N–H and O–H groups in total. The van der Waals surface area contributed by atoms with Gasteiger partial charge in [0.25, 0.3) is 0 Å². The lowest BCUT2D eigenvalue weighted by atomic mass is 10.1. The fourth-order valence-electron chi connectivity index (χ4n) is 2.33. The SMILES string of the molecule is CC(=O)c1cc(F)ccc1-n1nccc1Cn1cnc(C#N)c1. The number of carbonyl (C=O) groups excluding carboxylic acids is 1. The molecule has 0 fully saturated rings. The van der Waals surface area contributed by atoms with Gasteiger partial charge in [-0.25, -0.2) is 14.1 Å². The Bertz CT molecular complexity index is 919. The fourth-order valence-corrected chi connectivity index (χ4v) is 2.33. The van der Waals surface area contributed by atoms with E-state index >= 15 is 0 Å². The molecule has 3 aromatic rings. The number of aromatic nitrogens is 4. The Morgan fingerprint density at radius 3 is 2.91 bits per heavy atom. The molecular weight excluding hydrogens is 297 g/mol. The number of nitriles is 1. The highest BCUT2D eigenvalue weighted by molar-refractivity contribution is 5.97. The Labute approximate surface area is 131 Å². The summed E-state index contributed by atoms with van der Waals surface area (Å²) in [5.74, 6) is -0.712. The van der Waals surface area contributed by atoms with E-state index in [0.29, 0.717) is 17.9 Å². The van der Waals surface area contributed by atoms with Gasteiger partial charge in [0.05, 0.1) is 24.3 Å². The number of benzene rings is 1. The molecule has 0 amide bonds. The molecule has 6 nitrogen and oxygen atoms in total. The van der Waals surface area contributed by atoms with Gasteiger partial charge in [-0.05, 0) is 31.2 Å². The number of hydrogen-bond donors (Lipinski definition) is 0. The quantitative estimate of drug-likeness (QED) is 0.693. The first kappa shape index (κ1) is 14.7. The molecule has 0 aliphatic rings. The third kappa shape index (κ3) is 2.87. The van der Waals surface area contributed by atoms with Crippen LogP contribution in [0, 0.1) is 17.1 Å². The van der Waals surface area contributed by atoms with Gasteiger partial charge in [-0.2, -0.15) is 10.4 Å². The minimum atomic E-state index is -0.471. The van der Waals surface area contributed by atoms with E-state index in [9.17, 15) is 9.18 Å². The molecule has 1 aromatic carbocycles. The van der Waals surface area contributed by atoms with E-state index in [-0.39, 0.29) is 11.3 Å². The van der Waals surface area contributed by atoms with Crippen molar-refractivity contribution < 1.29 is 9.18 Å². The van der Waals surface area contributed by atoms with Gasteiger partial charge >= 0.3 is 0 Å². The molecule has 2 aromatic heterocycles. The van der Waals surface area contributed by atoms with Crippen LogP contribution in [0.5, 0.6) is 0 Å². The summed E-state index contributed by atoms with van der Waals surface area (Å²) >= 11 is 0. The zero-order valence-electron chi connectivity index (χ0n) is 12.3. The van der Waals surface area contributed by atoms with Gasteiger partial charge in [0.1, 0.15) is 11.9 Å². The number of rotatable bonds is 4. The normalized spacial score (nSPS) is 10.5. The molecule has 0 aliphatic heterocycles. The summed E-state index contributed by atoms with van der Waals surface area (Å²) < 4.78 is 16.7. The molecule has 23 heavy (non-hydrogen) atoms. The third-order valence-electron chi connectivity index (χ3n) is 3.38. The smallest absolute Gasteiger partial charge is 0.162 e. The zero-order chi connectivity index (χ0) is 16.4. The van der Waals surface area contributed by atoms with Gasteiger partial charge in [0.2, 0.25) is 0 Å². The maximum absolute atomic E-state index is 13.4. The molecule has 0 spiro atoms. The van der Waals surface area contributed by atoms with Crippen molar-refractivity contribution in [2.75, 3.05) is 0 Å². The van der Waals surface area contributed by atoms with E-state index in [1.807, 2.05) is 6.07 Å². The summed E-state index contributed by atoms with van der Waals surface area (Å²) in [7, 11) is 0. The second kappa shape index (κ2) is 5.85. The average Bonchev–Trinajstić information content (AvgIpc) is 3.17. The second-order valence-corrected chi connectivity index (χ2v) is 5.00. The number of ketones is 1. The number of Topliss-reactive ketones (excluding diaryl/α,β-unsaturated/α-hetero) is 1. The van der Waals surface area contributed by atoms with Crippen LogP contribution in [-0.4, -0.2) is 25.1 Å². The first-order chi connectivity index (χ1) is 11.1. The van der Waals surface area contributed by atoms with Gasteiger partial charge in [0, 0.05) is 18.0 Å². The predicted molar refractivity (Wildman–Crippen MR) is 79.6 cm³/mol. The summed E-state index contributed by atoms with van der Waals surface area (Å²) in [5, 5.41) is 13.0. The average molecular weight is 309 g/mol. The molecule has 0 radical (unpaired) electrons. The standard InChI is InChI=1S/C16H12FN5O/c1-11(23)15-6-12(17)2-3-16(15)22-14(4-5-20-22)9-21-8-13(7-18)19-10-21/h2-6,8,10H,9H2,1H3. The molecule has 0 aliphatic carbocycles. The molecular formula is C16H12FN5O. The number of hydrogen-bond acceptors (Lipinski definition) is 4. The Kier molecular flexibility index (Phi) is 3.73. The molecule has 0 saturated carbocycles. The summed E-state index contributed by atoms with van der Waals surface area (Å²) in [5.41, 5.74) is 1.88. The molecule has 0 atom stereocenters. The maximum atomic E-state index is 13.4. The topological polar surface area (TPSA) is 76.5 Å². The van der Waals surface area contributed by atoms with Gasteiger partial charge in [0.15, 0.2) is 11.5 Å². The van der Waals surface area contributed by atoms with Crippen molar-refractivity contribution in [3.05, 3.63) is 65.8 Å². The molecule has 0 unspecified atom stereocenters. The second-order valence-electron chi connectivity index (χ2n) is 5.00. The number of carbonyl (C=O) groups is 1. The highest BCUT2D eigenvalue weighted by Gasteiger charge is 2.14. The third-order valence-corrected chi connectivity index (χ3v) is 3.38. The van der Waals surface area contributed by atoms with Crippen molar-refractivity contribution in [3.63, 3.8) is 0 Å². The van der Waals surface area contributed by atoms with Crippen molar-refractivity contribution in [2.24, 2.45) is 0 Å². The lowest BCUT2D eigenvalue weighted by Crippen LogP contribution is -2.10. The van der Waals surface area contributed by atoms with E-state index in [1.165, 1.54) is 25.1 Å². The lowest BCUT2D eigenvalue weighted by molar-refractivity contribution is 0.101. The number of imidazole rings is 1. The summed E-state index contributed by atoms with van der Waals surface area (Å²) in [4.78, 5) is 15.7.